The van der Waals surface area contributed by atoms with Gasteiger partial charge in [-0.1, -0.05) is 31.4 Å². The number of benzene rings is 1. The first-order valence-electron chi connectivity index (χ1n) is 11.3. The van der Waals surface area contributed by atoms with Crippen LogP contribution < -0.4 is 15.0 Å². The van der Waals surface area contributed by atoms with E-state index in [1.54, 1.807) is 0 Å². The Morgan fingerprint density at radius 2 is 1.94 bits per heavy atom. The Morgan fingerprint density at radius 1 is 1.15 bits per heavy atom. The van der Waals surface area contributed by atoms with Crippen LogP contribution in [0.5, 0.6) is 5.75 Å². The number of nitrogens with zero attached hydrogens (tertiary/aromatic N) is 3. The number of amides is 2. The molecule has 0 radical (unpaired) electrons. The molecule has 0 spiro atoms. The molecule has 8 heteroatoms. The quantitative estimate of drug-likeness (QED) is 0.519. The summed E-state index contributed by atoms with van der Waals surface area (Å²) in [5.41, 5.74) is 0.893. The van der Waals surface area contributed by atoms with Gasteiger partial charge in [-0.05, 0) is 55.0 Å². The zero-order chi connectivity index (χ0) is 23.0. The SMILES string of the molecule is CCOc1ccc([C@@H](C(=O)NC2CCCCC2)N(C(=O)c2cnccn2)c2cccs2)cc1. The van der Waals surface area contributed by atoms with Crippen molar-refractivity contribution < 1.29 is 14.3 Å². The Hall–Kier alpha value is -3.26. The van der Waals surface area contributed by atoms with Crippen molar-refractivity contribution in [2.45, 2.75) is 51.1 Å². The second kappa shape index (κ2) is 11.0. The summed E-state index contributed by atoms with van der Waals surface area (Å²) in [4.78, 5) is 37.2. The number of carbonyl (C=O) groups excluding carboxylic acids is 2. The van der Waals surface area contributed by atoms with Crippen LogP contribution in [0.1, 0.15) is 61.1 Å². The highest BCUT2D eigenvalue weighted by atomic mass is 32.1. The number of nitrogens with one attached hydrogen (secondary N) is 1. The predicted octanol–water partition coefficient (Wildman–Crippen LogP) is 4.77. The molecular formula is C25H28N4O3S. The van der Waals surface area contributed by atoms with Crippen LogP contribution in [-0.2, 0) is 4.79 Å². The van der Waals surface area contributed by atoms with Gasteiger partial charge in [-0.15, -0.1) is 11.3 Å². The van der Waals surface area contributed by atoms with E-state index < -0.39 is 6.04 Å². The standard InChI is InChI=1S/C25H28N4O3S/c1-2-32-20-12-10-18(11-13-20)23(24(30)28-19-7-4-3-5-8-19)29(22-9-6-16-33-22)25(31)21-17-26-14-15-27-21/h6,9-17,19,23H,2-5,7-8H2,1H3,(H,28,30)/t23-/m0/s1. The molecule has 1 N–H and O–H groups in total. The highest BCUT2D eigenvalue weighted by molar-refractivity contribution is 7.14. The zero-order valence-electron chi connectivity index (χ0n) is 18.6. The third kappa shape index (κ3) is 5.57. The molecular weight excluding hydrogens is 436 g/mol. The van der Waals surface area contributed by atoms with E-state index in [2.05, 4.69) is 15.3 Å². The monoisotopic (exact) mass is 464 g/mol. The lowest BCUT2D eigenvalue weighted by molar-refractivity contribution is -0.123. The molecule has 0 aliphatic heterocycles. The molecule has 1 atom stereocenters. The Balaban J connectivity index is 1.74. The number of ether oxygens (including phenoxy) is 1. The first-order chi connectivity index (χ1) is 16.2. The first-order valence-corrected chi connectivity index (χ1v) is 12.2. The van der Waals surface area contributed by atoms with E-state index in [1.807, 2.05) is 48.7 Å². The summed E-state index contributed by atoms with van der Waals surface area (Å²) in [5, 5.41) is 5.77. The van der Waals surface area contributed by atoms with Crippen molar-refractivity contribution >= 4 is 28.2 Å². The average Bonchev–Trinajstić information content (AvgIpc) is 3.38. The second-order valence-corrected chi connectivity index (χ2v) is 8.89. The van der Waals surface area contributed by atoms with Crippen molar-refractivity contribution in [3.05, 3.63) is 71.6 Å². The molecule has 1 saturated carbocycles. The van der Waals surface area contributed by atoms with Crippen LogP contribution in [-0.4, -0.2) is 34.4 Å². The fourth-order valence-electron chi connectivity index (χ4n) is 4.14. The third-order valence-corrected chi connectivity index (χ3v) is 6.58. The normalized spacial score (nSPS) is 14.9. The van der Waals surface area contributed by atoms with E-state index in [4.69, 9.17) is 4.74 Å². The Labute approximate surface area is 197 Å². The Kier molecular flexibility index (Phi) is 7.67. The Bertz CT molecular complexity index is 1040. The van der Waals surface area contributed by atoms with E-state index in [9.17, 15) is 9.59 Å². The summed E-state index contributed by atoms with van der Waals surface area (Å²) in [7, 11) is 0. The van der Waals surface area contributed by atoms with E-state index in [0.717, 1.165) is 31.4 Å². The molecule has 2 heterocycles. The summed E-state index contributed by atoms with van der Waals surface area (Å²) >= 11 is 1.40. The van der Waals surface area contributed by atoms with Crippen molar-refractivity contribution in [2.24, 2.45) is 0 Å². The minimum atomic E-state index is -0.851. The van der Waals surface area contributed by atoms with Gasteiger partial charge in [-0.25, -0.2) is 4.98 Å². The molecule has 0 bridgehead atoms. The maximum Gasteiger partial charge on any atom is 0.280 e. The van der Waals surface area contributed by atoms with Crippen LogP contribution in [0.15, 0.2) is 60.4 Å². The van der Waals surface area contributed by atoms with Crippen molar-refractivity contribution in [1.82, 2.24) is 15.3 Å². The molecule has 0 unspecified atom stereocenters. The highest BCUT2D eigenvalue weighted by Crippen LogP contribution is 2.34. The van der Waals surface area contributed by atoms with Crippen molar-refractivity contribution in [2.75, 3.05) is 11.5 Å². The first kappa shape index (κ1) is 22.9. The minimum Gasteiger partial charge on any atom is -0.494 e. The molecule has 1 aliphatic carbocycles. The van der Waals surface area contributed by atoms with Crippen LogP contribution >= 0.6 is 11.3 Å². The molecule has 3 aromatic rings. The van der Waals surface area contributed by atoms with Gasteiger partial charge in [0.1, 0.15) is 17.5 Å². The average molecular weight is 465 g/mol. The van der Waals surface area contributed by atoms with Crippen LogP contribution in [0.2, 0.25) is 0 Å². The van der Waals surface area contributed by atoms with Gasteiger partial charge in [0, 0.05) is 18.4 Å². The third-order valence-electron chi connectivity index (χ3n) is 5.71. The van der Waals surface area contributed by atoms with Crippen molar-refractivity contribution in [3.8, 4) is 5.75 Å². The van der Waals surface area contributed by atoms with Gasteiger partial charge < -0.3 is 10.1 Å². The minimum absolute atomic E-state index is 0.119. The van der Waals surface area contributed by atoms with Gasteiger partial charge in [0.05, 0.1) is 17.8 Å². The van der Waals surface area contributed by atoms with Gasteiger partial charge in [-0.3, -0.25) is 19.5 Å². The van der Waals surface area contributed by atoms with Crippen LogP contribution in [0.4, 0.5) is 5.00 Å². The van der Waals surface area contributed by atoms with Crippen molar-refractivity contribution in [3.63, 3.8) is 0 Å². The largest absolute Gasteiger partial charge is 0.494 e. The summed E-state index contributed by atoms with van der Waals surface area (Å²) < 4.78 is 5.57. The van der Waals surface area contributed by atoms with E-state index in [1.165, 1.54) is 41.2 Å². The van der Waals surface area contributed by atoms with Gasteiger partial charge in [0.2, 0.25) is 5.91 Å². The zero-order valence-corrected chi connectivity index (χ0v) is 19.5. The molecule has 33 heavy (non-hydrogen) atoms. The number of carbonyl (C=O) groups is 2. The molecule has 2 amide bonds. The fourth-order valence-corrected chi connectivity index (χ4v) is 4.90. The molecule has 1 aromatic carbocycles. The summed E-state index contributed by atoms with van der Waals surface area (Å²) in [5.74, 6) is 0.149. The Morgan fingerprint density at radius 3 is 2.58 bits per heavy atom. The highest BCUT2D eigenvalue weighted by Gasteiger charge is 2.35. The van der Waals surface area contributed by atoms with E-state index >= 15 is 0 Å². The molecule has 172 valence electrons. The lowest BCUT2D eigenvalue weighted by Gasteiger charge is -2.32. The summed E-state index contributed by atoms with van der Waals surface area (Å²) in [6.07, 6.45) is 9.74. The van der Waals surface area contributed by atoms with Crippen LogP contribution in [0, 0.1) is 0 Å². The molecule has 4 rings (SSSR count). The number of rotatable bonds is 8. The molecule has 1 aliphatic rings. The number of aromatic nitrogens is 2. The maximum absolute atomic E-state index is 13.7. The maximum atomic E-state index is 13.7. The smallest absolute Gasteiger partial charge is 0.280 e. The van der Waals surface area contributed by atoms with E-state index in [0.29, 0.717) is 17.2 Å². The van der Waals surface area contributed by atoms with Gasteiger partial charge in [0.25, 0.3) is 5.91 Å². The molecule has 7 nitrogen and oxygen atoms in total. The lowest BCUT2D eigenvalue weighted by Crippen LogP contribution is -2.47. The molecule has 0 saturated heterocycles. The fraction of sp³-hybridized carbons (Fsp3) is 0.360. The van der Waals surface area contributed by atoms with Gasteiger partial charge in [0.15, 0.2) is 0 Å². The van der Waals surface area contributed by atoms with Gasteiger partial charge in [-0.2, -0.15) is 0 Å². The molecule has 1 fully saturated rings. The number of thiophene rings is 1. The number of hydrogen-bond acceptors (Lipinski definition) is 6. The summed E-state index contributed by atoms with van der Waals surface area (Å²) in [6.45, 7) is 2.48. The van der Waals surface area contributed by atoms with Crippen LogP contribution in [0.25, 0.3) is 0 Å². The van der Waals surface area contributed by atoms with Crippen molar-refractivity contribution in [1.29, 1.82) is 0 Å². The number of anilines is 1. The van der Waals surface area contributed by atoms with Gasteiger partial charge >= 0.3 is 0 Å². The number of hydrogen-bond donors (Lipinski definition) is 1. The van der Waals surface area contributed by atoms with Crippen LogP contribution in [0.3, 0.4) is 0 Å². The molecule has 2 aromatic heterocycles. The van der Waals surface area contributed by atoms with E-state index in [-0.39, 0.29) is 23.6 Å². The predicted molar refractivity (Wildman–Crippen MR) is 129 cm³/mol. The summed E-state index contributed by atoms with van der Waals surface area (Å²) in [6, 6.07) is 10.3. The topological polar surface area (TPSA) is 84.4 Å². The lowest BCUT2D eigenvalue weighted by atomic mass is 9.94. The second-order valence-electron chi connectivity index (χ2n) is 7.97.